The summed E-state index contributed by atoms with van der Waals surface area (Å²) in [5.74, 6) is 0.937. The summed E-state index contributed by atoms with van der Waals surface area (Å²) in [6.07, 6.45) is 0. The van der Waals surface area contributed by atoms with Crippen LogP contribution in [-0.4, -0.2) is 24.8 Å². The maximum Gasteiger partial charge on any atom is 0.166 e. The zero-order valence-corrected chi connectivity index (χ0v) is 11.5. The van der Waals surface area contributed by atoms with Gasteiger partial charge in [0, 0.05) is 6.54 Å². The lowest BCUT2D eigenvalue weighted by Gasteiger charge is -2.11. The molecule has 3 nitrogen and oxygen atoms in total. The van der Waals surface area contributed by atoms with Crippen molar-refractivity contribution < 1.29 is 4.74 Å². The Morgan fingerprint density at radius 3 is 2.71 bits per heavy atom. The molecule has 0 amide bonds. The van der Waals surface area contributed by atoms with E-state index >= 15 is 0 Å². The van der Waals surface area contributed by atoms with Crippen LogP contribution in [0.4, 0.5) is 0 Å². The lowest BCUT2D eigenvalue weighted by atomic mass is 10.1. The molecule has 0 saturated carbocycles. The quantitative estimate of drug-likeness (QED) is 0.621. The fraction of sp³-hybridized carbons (Fsp3) is 0.462. The third-order valence-electron chi connectivity index (χ3n) is 2.31. The molecule has 4 heteroatoms. The van der Waals surface area contributed by atoms with Gasteiger partial charge in [-0.2, -0.15) is 0 Å². The first-order valence-electron chi connectivity index (χ1n) is 5.85. The Balaban J connectivity index is 2.29. The van der Waals surface area contributed by atoms with E-state index < -0.39 is 0 Å². The number of thiocarbonyl (C=S) groups is 1. The van der Waals surface area contributed by atoms with Crippen molar-refractivity contribution >= 4 is 17.3 Å². The fourth-order valence-electron chi connectivity index (χ4n) is 1.51. The van der Waals surface area contributed by atoms with Gasteiger partial charge in [-0.25, -0.2) is 0 Å². The monoisotopic (exact) mass is 252 g/mol. The second-order valence-electron chi connectivity index (χ2n) is 3.90. The van der Waals surface area contributed by atoms with E-state index in [9.17, 15) is 0 Å². The van der Waals surface area contributed by atoms with Crippen LogP contribution in [0.2, 0.25) is 0 Å². The van der Waals surface area contributed by atoms with E-state index in [0.29, 0.717) is 18.3 Å². The van der Waals surface area contributed by atoms with Crippen molar-refractivity contribution in [2.24, 2.45) is 0 Å². The summed E-state index contributed by atoms with van der Waals surface area (Å²) in [7, 11) is 0. The minimum Gasteiger partial charge on any atom is -0.491 e. The highest BCUT2D eigenvalue weighted by Crippen LogP contribution is 2.18. The summed E-state index contributed by atoms with van der Waals surface area (Å²) >= 11 is 5.05. The maximum atomic E-state index is 5.67. The normalized spacial score (nSPS) is 9.82. The molecule has 0 atom stereocenters. The number of ether oxygens (including phenoxy) is 1. The molecule has 0 radical (unpaired) electrons. The van der Waals surface area contributed by atoms with Crippen LogP contribution in [0.1, 0.15) is 18.1 Å². The van der Waals surface area contributed by atoms with Crippen molar-refractivity contribution in [3.63, 3.8) is 0 Å². The van der Waals surface area contributed by atoms with E-state index in [-0.39, 0.29) is 0 Å². The molecule has 2 N–H and O–H groups in total. The van der Waals surface area contributed by atoms with Gasteiger partial charge in [-0.05, 0) is 44.6 Å². The van der Waals surface area contributed by atoms with E-state index in [1.165, 1.54) is 11.1 Å². The van der Waals surface area contributed by atoms with Gasteiger partial charge in [0.2, 0.25) is 0 Å². The lowest BCUT2D eigenvalue weighted by Crippen LogP contribution is -2.37. The van der Waals surface area contributed by atoms with E-state index in [1.807, 2.05) is 13.0 Å². The van der Waals surface area contributed by atoms with Gasteiger partial charge in [0.25, 0.3) is 0 Å². The Morgan fingerprint density at radius 1 is 1.29 bits per heavy atom. The van der Waals surface area contributed by atoms with Gasteiger partial charge in [-0.15, -0.1) is 0 Å². The molecule has 0 spiro atoms. The Hall–Kier alpha value is -1.29. The molecule has 0 aliphatic heterocycles. The summed E-state index contributed by atoms with van der Waals surface area (Å²) in [6.45, 7) is 8.30. The number of hydrogen-bond acceptors (Lipinski definition) is 2. The minimum absolute atomic E-state index is 0.607. The standard InChI is InChI=1S/C13H20N2OS/c1-4-14-13(17)15-7-8-16-12-6-5-10(2)9-11(12)3/h5-6,9H,4,7-8H2,1-3H3,(H2,14,15,17). The van der Waals surface area contributed by atoms with Crippen molar-refractivity contribution in [1.29, 1.82) is 0 Å². The van der Waals surface area contributed by atoms with Crippen LogP contribution in [0.25, 0.3) is 0 Å². The number of nitrogens with one attached hydrogen (secondary N) is 2. The smallest absolute Gasteiger partial charge is 0.166 e. The molecule has 0 fully saturated rings. The summed E-state index contributed by atoms with van der Waals surface area (Å²) < 4.78 is 5.67. The second kappa shape index (κ2) is 7.12. The molecular weight excluding hydrogens is 232 g/mol. The van der Waals surface area contributed by atoms with Gasteiger partial charge in [0.1, 0.15) is 12.4 Å². The zero-order valence-electron chi connectivity index (χ0n) is 10.7. The van der Waals surface area contributed by atoms with E-state index in [1.54, 1.807) is 0 Å². The van der Waals surface area contributed by atoms with Gasteiger partial charge in [0.05, 0.1) is 6.54 Å². The molecule has 1 aromatic carbocycles. The number of benzene rings is 1. The van der Waals surface area contributed by atoms with Crippen LogP contribution in [0.5, 0.6) is 5.75 Å². The first-order chi connectivity index (χ1) is 8.13. The van der Waals surface area contributed by atoms with Crippen LogP contribution in [0, 0.1) is 13.8 Å². The van der Waals surface area contributed by atoms with Crippen LogP contribution < -0.4 is 15.4 Å². The van der Waals surface area contributed by atoms with Crippen LogP contribution >= 0.6 is 12.2 Å². The van der Waals surface area contributed by atoms with Gasteiger partial charge >= 0.3 is 0 Å². The van der Waals surface area contributed by atoms with Gasteiger partial charge < -0.3 is 15.4 Å². The minimum atomic E-state index is 0.607. The summed E-state index contributed by atoms with van der Waals surface area (Å²) in [6, 6.07) is 6.18. The highest BCUT2D eigenvalue weighted by atomic mass is 32.1. The van der Waals surface area contributed by atoms with Crippen molar-refractivity contribution in [2.75, 3.05) is 19.7 Å². The Kier molecular flexibility index (Phi) is 5.77. The van der Waals surface area contributed by atoms with Crippen molar-refractivity contribution in [1.82, 2.24) is 10.6 Å². The first-order valence-corrected chi connectivity index (χ1v) is 6.26. The summed E-state index contributed by atoms with van der Waals surface area (Å²) in [4.78, 5) is 0. The van der Waals surface area contributed by atoms with E-state index in [4.69, 9.17) is 17.0 Å². The number of rotatable bonds is 5. The van der Waals surface area contributed by atoms with Gasteiger partial charge in [-0.3, -0.25) is 0 Å². The highest BCUT2D eigenvalue weighted by Gasteiger charge is 1.99. The topological polar surface area (TPSA) is 33.3 Å². The highest BCUT2D eigenvalue weighted by molar-refractivity contribution is 7.80. The van der Waals surface area contributed by atoms with Crippen molar-refractivity contribution in [2.45, 2.75) is 20.8 Å². The summed E-state index contributed by atoms with van der Waals surface area (Å²) in [5.41, 5.74) is 2.42. The lowest BCUT2D eigenvalue weighted by molar-refractivity contribution is 0.320. The molecule has 0 aromatic heterocycles. The van der Waals surface area contributed by atoms with Crippen molar-refractivity contribution in [3.8, 4) is 5.75 Å². The average Bonchev–Trinajstić information content (AvgIpc) is 2.27. The molecule has 94 valence electrons. The second-order valence-corrected chi connectivity index (χ2v) is 4.31. The van der Waals surface area contributed by atoms with Crippen LogP contribution in [0.3, 0.4) is 0 Å². The van der Waals surface area contributed by atoms with E-state index in [0.717, 1.165) is 12.3 Å². The molecule has 0 heterocycles. The Morgan fingerprint density at radius 2 is 2.06 bits per heavy atom. The van der Waals surface area contributed by atoms with E-state index in [2.05, 4.69) is 36.6 Å². The maximum absolute atomic E-state index is 5.67. The summed E-state index contributed by atoms with van der Waals surface area (Å²) in [5, 5.41) is 6.79. The zero-order chi connectivity index (χ0) is 12.7. The Bertz CT molecular complexity index is 380. The van der Waals surface area contributed by atoms with Gasteiger partial charge in [0.15, 0.2) is 5.11 Å². The van der Waals surface area contributed by atoms with Crippen LogP contribution in [-0.2, 0) is 0 Å². The first kappa shape index (κ1) is 13.8. The molecule has 1 aromatic rings. The third kappa shape index (κ3) is 5.04. The molecule has 0 bridgehead atoms. The Labute approximate surface area is 109 Å². The third-order valence-corrected chi connectivity index (χ3v) is 2.60. The predicted molar refractivity (Wildman–Crippen MR) is 75.7 cm³/mol. The van der Waals surface area contributed by atoms with Gasteiger partial charge in [-0.1, -0.05) is 17.7 Å². The van der Waals surface area contributed by atoms with Crippen LogP contribution in [0.15, 0.2) is 18.2 Å². The molecule has 0 saturated heterocycles. The molecular formula is C13H20N2OS. The largest absolute Gasteiger partial charge is 0.491 e. The predicted octanol–water partition coefficient (Wildman–Crippen LogP) is 2.17. The molecule has 0 unspecified atom stereocenters. The molecule has 0 aliphatic carbocycles. The number of hydrogen-bond donors (Lipinski definition) is 2. The number of aryl methyl sites for hydroxylation is 2. The fourth-order valence-corrected chi connectivity index (χ4v) is 1.76. The molecule has 17 heavy (non-hydrogen) atoms. The molecule has 0 aliphatic rings. The molecule has 1 rings (SSSR count). The van der Waals surface area contributed by atoms with Crippen molar-refractivity contribution in [3.05, 3.63) is 29.3 Å². The average molecular weight is 252 g/mol. The SMILES string of the molecule is CCNC(=S)NCCOc1ccc(C)cc1C.